The van der Waals surface area contributed by atoms with Crippen molar-refractivity contribution in [2.24, 2.45) is 5.92 Å². The van der Waals surface area contributed by atoms with Gasteiger partial charge in [0.2, 0.25) is 0 Å². The van der Waals surface area contributed by atoms with Crippen LogP contribution < -0.4 is 9.47 Å². The van der Waals surface area contributed by atoms with Crippen molar-refractivity contribution in [1.29, 1.82) is 0 Å². The van der Waals surface area contributed by atoms with E-state index in [0.717, 1.165) is 30.6 Å². The van der Waals surface area contributed by atoms with Crippen molar-refractivity contribution in [2.75, 3.05) is 13.7 Å². The lowest BCUT2D eigenvalue weighted by Gasteiger charge is -2.25. The van der Waals surface area contributed by atoms with Crippen LogP contribution >= 0.6 is 0 Å². The molecule has 1 aliphatic carbocycles. The van der Waals surface area contributed by atoms with Crippen LogP contribution in [0, 0.1) is 5.92 Å². The Kier molecular flexibility index (Phi) is 2.96. The Bertz CT molecular complexity index is 465. The summed E-state index contributed by atoms with van der Waals surface area (Å²) in [6.45, 7) is 0.659. The van der Waals surface area contributed by atoms with Gasteiger partial charge in [-0.3, -0.25) is 4.79 Å². The first kappa shape index (κ1) is 11.5. The van der Waals surface area contributed by atoms with Crippen molar-refractivity contribution in [1.82, 2.24) is 0 Å². The highest BCUT2D eigenvalue weighted by Gasteiger charge is 2.32. The molecule has 1 aromatic rings. The van der Waals surface area contributed by atoms with Crippen molar-refractivity contribution in [2.45, 2.75) is 25.4 Å². The fourth-order valence-corrected chi connectivity index (χ4v) is 2.17. The molecule has 0 radical (unpaired) electrons. The average Bonchev–Trinajstić information content (AvgIpc) is 3.22. The first-order valence-electron chi connectivity index (χ1n) is 6.29. The third-order valence-corrected chi connectivity index (χ3v) is 3.38. The highest BCUT2D eigenvalue weighted by molar-refractivity contribution is 5.77. The van der Waals surface area contributed by atoms with Gasteiger partial charge in [-0.1, -0.05) is 0 Å². The number of carbonyl (C=O) groups excluding carboxylic acids is 1. The Hall–Kier alpha value is -1.55. The van der Waals surface area contributed by atoms with E-state index in [9.17, 15) is 4.79 Å². The number of esters is 1. The van der Waals surface area contributed by atoms with Gasteiger partial charge in [0.15, 0.2) is 0 Å². The Labute approximate surface area is 106 Å². The number of benzene rings is 1. The maximum absolute atomic E-state index is 11.6. The minimum absolute atomic E-state index is 0.0216. The van der Waals surface area contributed by atoms with Crippen LogP contribution in [0.15, 0.2) is 18.2 Å². The summed E-state index contributed by atoms with van der Waals surface area (Å²) < 4.78 is 16.3. The van der Waals surface area contributed by atoms with Gasteiger partial charge in [0.1, 0.15) is 11.5 Å². The minimum atomic E-state index is -0.124. The molecule has 0 saturated heterocycles. The van der Waals surface area contributed by atoms with E-state index < -0.39 is 0 Å². The van der Waals surface area contributed by atoms with E-state index in [1.807, 2.05) is 12.1 Å². The van der Waals surface area contributed by atoms with E-state index in [1.54, 1.807) is 13.2 Å². The summed E-state index contributed by atoms with van der Waals surface area (Å²) in [6.07, 6.45) is 2.75. The highest BCUT2D eigenvalue weighted by Crippen LogP contribution is 2.37. The zero-order chi connectivity index (χ0) is 12.5. The molecule has 1 aliphatic heterocycles. The molecule has 0 N–H and O–H groups in total. The molecule has 4 heteroatoms. The predicted molar refractivity (Wildman–Crippen MR) is 64.7 cm³/mol. The van der Waals surface area contributed by atoms with Crippen molar-refractivity contribution in [3.8, 4) is 11.5 Å². The van der Waals surface area contributed by atoms with E-state index in [1.165, 1.54) is 0 Å². The van der Waals surface area contributed by atoms with Gasteiger partial charge in [-0.2, -0.15) is 0 Å². The molecule has 1 saturated carbocycles. The highest BCUT2D eigenvalue weighted by atomic mass is 16.5. The third-order valence-electron chi connectivity index (χ3n) is 3.38. The topological polar surface area (TPSA) is 44.8 Å². The van der Waals surface area contributed by atoms with Crippen LogP contribution in [0.2, 0.25) is 0 Å². The van der Waals surface area contributed by atoms with Crippen molar-refractivity contribution in [3.63, 3.8) is 0 Å². The minimum Gasteiger partial charge on any atom is -0.493 e. The molecule has 0 aromatic heterocycles. The van der Waals surface area contributed by atoms with E-state index in [2.05, 4.69) is 0 Å². The first-order chi connectivity index (χ1) is 8.78. The summed E-state index contributed by atoms with van der Waals surface area (Å²) in [5.74, 6) is 1.38. The molecule has 0 amide bonds. The average molecular weight is 248 g/mol. The molecule has 1 unspecified atom stereocenters. The standard InChI is InChI=1S/C14H16O4/c1-16-12-6-7-17-13-5-4-10(8-11(12)13)18-14(15)9-2-3-9/h4-5,8-9,12H,2-3,6-7H2,1H3. The maximum Gasteiger partial charge on any atom is 0.314 e. The number of hydrogen-bond donors (Lipinski definition) is 0. The van der Waals surface area contributed by atoms with Gasteiger partial charge in [-0.25, -0.2) is 0 Å². The van der Waals surface area contributed by atoms with Crippen LogP contribution in [-0.4, -0.2) is 19.7 Å². The van der Waals surface area contributed by atoms with Crippen LogP contribution in [0.25, 0.3) is 0 Å². The fraction of sp³-hybridized carbons (Fsp3) is 0.500. The summed E-state index contributed by atoms with van der Waals surface area (Å²) in [4.78, 5) is 11.6. The van der Waals surface area contributed by atoms with Crippen molar-refractivity contribution in [3.05, 3.63) is 23.8 Å². The van der Waals surface area contributed by atoms with Crippen LogP contribution in [0.1, 0.15) is 30.9 Å². The number of hydrogen-bond acceptors (Lipinski definition) is 4. The first-order valence-corrected chi connectivity index (χ1v) is 6.29. The zero-order valence-corrected chi connectivity index (χ0v) is 10.3. The number of methoxy groups -OCH3 is 1. The lowest BCUT2D eigenvalue weighted by atomic mass is 10.0. The van der Waals surface area contributed by atoms with Gasteiger partial charge >= 0.3 is 5.97 Å². The maximum atomic E-state index is 11.6. The Morgan fingerprint density at radius 2 is 2.17 bits per heavy atom. The molecule has 2 aliphatic rings. The molecule has 1 heterocycles. The third kappa shape index (κ3) is 2.20. The van der Waals surface area contributed by atoms with E-state index in [-0.39, 0.29) is 18.0 Å². The largest absolute Gasteiger partial charge is 0.493 e. The lowest BCUT2D eigenvalue weighted by Crippen LogP contribution is -2.16. The second-order valence-electron chi connectivity index (χ2n) is 4.76. The van der Waals surface area contributed by atoms with Crippen LogP contribution in [-0.2, 0) is 9.53 Å². The summed E-state index contributed by atoms with van der Waals surface area (Å²) in [5, 5.41) is 0. The Morgan fingerprint density at radius 1 is 1.33 bits per heavy atom. The molecule has 1 fully saturated rings. The summed E-state index contributed by atoms with van der Waals surface area (Å²) >= 11 is 0. The normalized spacial score (nSPS) is 21.9. The van der Waals surface area contributed by atoms with Crippen LogP contribution in [0.4, 0.5) is 0 Å². The molecule has 3 rings (SSSR count). The van der Waals surface area contributed by atoms with Gasteiger partial charge in [-0.15, -0.1) is 0 Å². The number of fused-ring (bicyclic) bond motifs is 1. The summed E-state index contributed by atoms with van der Waals surface area (Å²) in [5.41, 5.74) is 0.963. The summed E-state index contributed by atoms with van der Waals surface area (Å²) in [7, 11) is 1.68. The molecule has 1 aromatic carbocycles. The monoisotopic (exact) mass is 248 g/mol. The van der Waals surface area contributed by atoms with Crippen molar-refractivity contribution < 1.29 is 19.0 Å². The summed E-state index contributed by atoms with van der Waals surface area (Å²) in [6, 6.07) is 5.47. The van der Waals surface area contributed by atoms with E-state index in [0.29, 0.717) is 12.4 Å². The van der Waals surface area contributed by atoms with Crippen molar-refractivity contribution >= 4 is 5.97 Å². The SMILES string of the molecule is COC1CCOc2ccc(OC(=O)C3CC3)cc21. The van der Waals surface area contributed by atoms with Crippen LogP contribution in [0.5, 0.6) is 11.5 Å². The predicted octanol–water partition coefficient (Wildman–Crippen LogP) is 2.47. The van der Waals surface area contributed by atoms with Crippen LogP contribution in [0.3, 0.4) is 0 Å². The van der Waals surface area contributed by atoms with E-state index >= 15 is 0 Å². The number of rotatable bonds is 3. The van der Waals surface area contributed by atoms with Gasteiger partial charge in [0, 0.05) is 19.1 Å². The second-order valence-corrected chi connectivity index (χ2v) is 4.76. The molecule has 96 valence electrons. The molecular weight excluding hydrogens is 232 g/mol. The second kappa shape index (κ2) is 4.61. The molecule has 0 bridgehead atoms. The van der Waals surface area contributed by atoms with Gasteiger partial charge in [-0.05, 0) is 31.0 Å². The fourth-order valence-electron chi connectivity index (χ4n) is 2.17. The smallest absolute Gasteiger partial charge is 0.314 e. The van der Waals surface area contributed by atoms with Gasteiger partial charge < -0.3 is 14.2 Å². The van der Waals surface area contributed by atoms with E-state index in [4.69, 9.17) is 14.2 Å². The number of ether oxygens (including phenoxy) is 3. The van der Waals surface area contributed by atoms with Gasteiger partial charge in [0.05, 0.1) is 18.6 Å². The molecule has 1 atom stereocenters. The van der Waals surface area contributed by atoms with Gasteiger partial charge in [0.25, 0.3) is 0 Å². The lowest BCUT2D eigenvalue weighted by molar-refractivity contribution is -0.135. The quantitative estimate of drug-likeness (QED) is 0.609. The molecule has 0 spiro atoms. The molecule has 18 heavy (non-hydrogen) atoms. The number of carbonyl (C=O) groups is 1. The Balaban J connectivity index is 1.81. The molecular formula is C14H16O4. The Morgan fingerprint density at radius 3 is 2.89 bits per heavy atom. The zero-order valence-electron chi connectivity index (χ0n) is 10.3. The molecule has 4 nitrogen and oxygen atoms in total.